The number of methoxy groups -OCH3 is 1. The van der Waals surface area contributed by atoms with Gasteiger partial charge in [0.05, 0.1) is 108 Å². The lowest BCUT2D eigenvalue weighted by Gasteiger charge is -2.40. The van der Waals surface area contributed by atoms with E-state index in [2.05, 4.69) is 86.5 Å². The Morgan fingerprint density at radius 1 is 0.551 bits per heavy atom. The second kappa shape index (κ2) is 47.4. The van der Waals surface area contributed by atoms with Crippen LogP contribution < -0.4 is 92.4 Å². The highest BCUT2D eigenvalue weighted by atomic mass is 32.2. The van der Waals surface area contributed by atoms with E-state index in [0.29, 0.717) is 100 Å². The number of carboxylic acid groups (broad SMARTS) is 1. The number of allylic oxidation sites excluding steroid dienone is 1. The molecule has 2 atom stereocenters. The lowest BCUT2D eigenvalue weighted by Crippen LogP contribution is -2.51. The van der Waals surface area contributed by atoms with Crippen LogP contribution in [0.25, 0.3) is 75.3 Å². The van der Waals surface area contributed by atoms with E-state index in [1.807, 2.05) is 98.4 Å². The van der Waals surface area contributed by atoms with Crippen LogP contribution in [-0.2, 0) is 60.4 Å². The fourth-order valence-electron chi connectivity index (χ4n) is 14.4. The summed E-state index contributed by atoms with van der Waals surface area (Å²) in [6.45, 7) is 17.4. The molecule has 2 unspecified atom stereocenters. The number of aryl methyl sites for hydroxylation is 6. The van der Waals surface area contributed by atoms with Crippen LogP contribution in [0.3, 0.4) is 0 Å². The van der Waals surface area contributed by atoms with Gasteiger partial charge < -0.3 is 101 Å². The fourth-order valence-corrected chi connectivity index (χ4v) is 17.7. The van der Waals surface area contributed by atoms with Crippen LogP contribution in [0.4, 0.5) is 62.6 Å². The number of amides is 1. The normalized spacial score (nSPS) is 13.1. The van der Waals surface area contributed by atoms with Crippen LogP contribution in [0.5, 0.6) is 23.0 Å². The number of anilines is 11. The summed E-state index contributed by atoms with van der Waals surface area (Å²) in [7, 11) is -6.55. The van der Waals surface area contributed by atoms with E-state index in [9.17, 15) is 60.4 Å². The average molecular weight is 1970 g/mol. The van der Waals surface area contributed by atoms with Crippen molar-refractivity contribution in [1.29, 1.82) is 2.61 Å². The number of hydrogen-bond acceptors (Lipinski definition) is 28. The number of rotatable bonds is 11. The van der Waals surface area contributed by atoms with Gasteiger partial charge in [0.15, 0.2) is 11.5 Å². The summed E-state index contributed by atoms with van der Waals surface area (Å²) in [5.41, 5.74) is 75.4. The molecule has 28 N–H and O–H groups in total. The van der Waals surface area contributed by atoms with Crippen LogP contribution >= 0.6 is 31.7 Å². The van der Waals surface area contributed by atoms with Gasteiger partial charge in [-0.25, -0.2) is 0 Å². The van der Waals surface area contributed by atoms with E-state index in [4.69, 9.17) is 79.1 Å². The third kappa shape index (κ3) is 26.2. The van der Waals surface area contributed by atoms with Crippen molar-refractivity contribution >= 4 is 187 Å². The summed E-state index contributed by atoms with van der Waals surface area (Å²) < 4.78 is 103. The van der Waals surface area contributed by atoms with Gasteiger partial charge in [0, 0.05) is 83.3 Å². The quantitative estimate of drug-likeness (QED) is 0.0188. The van der Waals surface area contributed by atoms with E-state index in [-0.39, 0.29) is 61.9 Å². The second-order valence-electron chi connectivity index (χ2n) is 30.4. The Morgan fingerprint density at radius 3 is 1.52 bits per heavy atom. The van der Waals surface area contributed by atoms with Crippen LogP contribution in [0, 0.1) is 20.8 Å². The van der Waals surface area contributed by atoms with E-state index in [1.165, 1.54) is 126 Å². The highest BCUT2D eigenvalue weighted by Gasteiger charge is 2.37. The van der Waals surface area contributed by atoms with E-state index >= 15 is 0 Å². The van der Waals surface area contributed by atoms with E-state index in [1.54, 1.807) is 96.7 Å². The molecule has 0 fully saturated rings. The summed E-state index contributed by atoms with van der Waals surface area (Å²) in [5, 5.41) is 53.0. The molecule has 41 heteroatoms. The number of aromatic nitrogens is 5. The molecular weight excluding hydrogens is 1860 g/mol. The van der Waals surface area contributed by atoms with Crippen molar-refractivity contribution in [3.8, 4) is 45.3 Å². The number of aliphatic hydroxyl groups is 1. The number of hydrogen-bond donors (Lipinski definition) is 18. The average Bonchev–Trinajstić information content (AvgIpc) is 1.09. The van der Waals surface area contributed by atoms with Gasteiger partial charge in [-0.1, -0.05) is 96.2 Å². The number of nitrogens with two attached hydrogens (primary N) is 10. The van der Waals surface area contributed by atoms with Crippen LogP contribution in [0.15, 0.2) is 278 Å². The first-order valence-corrected chi connectivity index (χ1v) is 46.9. The number of nitrogen functional groups attached to an aromatic ring is 10. The van der Waals surface area contributed by atoms with Crippen LogP contribution in [0.1, 0.15) is 49.9 Å². The maximum Gasteiger partial charge on any atom is 0.307 e. The number of carboxylic acids is 1. The molecule has 1 aliphatic heterocycles. The van der Waals surface area contributed by atoms with Crippen molar-refractivity contribution in [2.75, 3.05) is 69.3 Å². The standard InChI is InChI=1S/C18H18N4O6S4.C15H18N2.C14H14N2.C14H13NO4.C12H14N4.C9H10O4.C8H7N3O2.C6H8N2.CH4B.HOP/c1-3-21-13-7-5-11(31(23,24)25)9-15(13)29-17(21)19-20-18-22(4-2)14-8-6-12(32(26,27)28)10-16(14)30-18;1-9-6-12(4-5-14(9)16)13-7-10(2)15(17)11(3)8-13;1-2-16-13-6-4-3-5-11(13)12-9-10(15)7-8-14(12)16;1-8(16)15-11-4-2-9(17)6-13(11)19-14-7-10(18)3-5-12(14)15;13-9-3-1-7(5-11(9)15)8-2-4-10(14)12(16)6-8;1-13-8-4-6(5-9(11)12)2-3-7(8)10;9-5-3-1-2-4-6(5)8(13)11-10-7(4)12;7-5-3-1-2-4-6(5)8;2*1-2/h5-10H,3-4H2,1-2H3,(H,23,24,25)(H,26,27,28);4-8H,16-17H2,1-3H3;3-9H,2,15H2,1H3;2-7,11,13,17-18H,1H3;1-6H,13-16H2;2-4,10H,5H2,1H3,(H,11,12);1-3H,9H2,(H,10,12)(H,11,13);1-4H,7-8H2;2H,1H3;2H/b19-17-,20-18-;;;;;;;;;/i;;;;;;;;2T;2D. The Hall–Kier alpha value is -15.8. The van der Waals surface area contributed by atoms with Gasteiger partial charge in [0.2, 0.25) is 15.5 Å². The first-order chi connectivity index (χ1) is 66.4. The van der Waals surface area contributed by atoms with Crippen molar-refractivity contribution in [2.24, 2.45) is 10.2 Å². The molecule has 719 valence electrons. The number of H-pyrrole nitrogens is 2. The number of aromatic hydroxyl groups is 2. The number of nitrogens with zero attached hydrogens (tertiary/aromatic N) is 6. The predicted octanol–water partition coefficient (Wildman–Crippen LogP) is 15.2. The molecule has 5 heterocycles. The Bertz CT molecular complexity index is 7620. The molecule has 16 aromatic rings. The largest absolute Gasteiger partial charge is 0.508 e. The zero-order chi connectivity index (χ0) is 103. The molecule has 1 aliphatic carbocycles. The number of aromatic amines is 2. The number of ether oxygens (including phenoxy) is 2. The molecule has 0 bridgehead atoms. The second-order valence-corrected chi connectivity index (χ2v) is 35.3. The van der Waals surface area contributed by atoms with Crippen molar-refractivity contribution in [1.82, 2.24) is 23.9 Å². The van der Waals surface area contributed by atoms with E-state index in [0.717, 1.165) is 62.5 Å². The lowest BCUT2D eigenvalue weighted by molar-refractivity contribution is -0.136. The molecule has 1 radical (unpaired) electrons. The molecule has 1 amide bonds. The van der Waals surface area contributed by atoms with Gasteiger partial charge in [-0.05, 0) is 251 Å². The lowest BCUT2D eigenvalue weighted by atomic mass is 9.97. The number of fused-ring (bicyclic) bond motifs is 8. The number of thiazole rings is 2. The van der Waals surface area contributed by atoms with Gasteiger partial charge in [0.1, 0.15) is 33.7 Å². The molecule has 18 rings (SSSR count). The number of nitrogens with one attached hydrogen (secondary N) is 2. The summed E-state index contributed by atoms with van der Waals surface area (Å²) in [6, 6.07) is 65.4. The van der Waals surface area contributed by atoms with Crippen LogP contribution in [0.2, 0.25) is 6.82 Å². The molecular formula is C97H107BN18O17PS4. The molecule has 12 aromatic carbocycles. The third-order valence-corrected chi connectivity index (χ3v) is 25.0. The number of para-hydroxylation sites is 3. The minimum atomic E-state index is -4.32. The molecule has 0 saturated carbocycles. The molecule has 4 aromatic heterocycles. The topological polar surface area (TPSA) is 628 Å². The first kappa shape index (κ1) is 103. The van der Waals surface area contributed by atoms with Gasteiger partial charge in [-0.15, -0.1) is 10.2 Å². The van der Waals surface area contributed by atoms with Crippen molar-refractivity contribution in [3.05, 3.63) is 301 Å². The minimum absolute atomic E-state index is 0.0108. The van der Waals surface area contributed by atoms with Gasteiger partial charge in [-0.3, -0.25) is 47.9 Å². The van der Waals surface area contributed by atoms with Crippen molar-refractivity contribution in [3.63, 3.8) is 0 Å². The van der Waals surface area contributed by atoms with Gasteiger partial charge in [0.25, 0.3) is 31.4 Å². The Morgan fingerprint density at radius 2 is 1.03 bits per heavy atom. The minimum Gasteiger partial charge on any atom is -0.508 e. The highest BCUT2D eigenvalue weighted by molar-refractivity contribution is 7.86. The number of phenolic OH excluding ortho intramolecular Hbond substituents is 2. The molecule has 138 heavy (non-hydrogen) atoms. The molecule has 0 spiro atoms. The monoisotopic (exact) mass is 1970 g/mol. The predicted molar refractivity (Wildman–Crippen MR) is 558 cm³/mol. The summed E-state index contributed by atoms with van der Waals surface area (Å²) in [6.07, 6.45) is 4.30. The van der Waals surface area contributed by atoms with Crippen LogP contribution in [-0.4, -0.2) is 112 Å². The van der Waals surface area contributed by atoms with Crippen molar-refractivity contribution in [2.45, 2.75) is 103 Å². The number of aliphatic carboxylic acids is 1. The third-order valence-electron chi connectivity index (χ3n) is 21.3. The Kier molecular flexibility index (Phi) is 35.3. The van der Waals surface area contributed by atoms with Gasteiger partial charge >= 0.3 is 5.97 Å². The maximum absolute atomic E-state index is 11.9. The molecule has 35 nitrogen and oxygen atoms in total. The van der Waals surface area contributed by atoms with Gasteiger partial charge in [-0.2, -0.15) is 16.8 Å². The smallest absolute Gasteiger partial charge is 0.307 e. The zero-order valence-electron chi connectivity index (χ0n) is 78.4. The summed E-state index contributed by atoms with van der Waals surface area (Å²) >= 11 is 2.47. The van der Waals surface area contributed by atoms with E-state index < -0.39 is 41.4 Å². The Balaban J connectivity index is 0.000000182. The zero-order valence-corrected chi connectivity index (χ0v) is 80.5. The van der Waals surface area contributed by atoms with Crippen molar-refractivity contribution < 1.29 is 70.0 Å². The number of carbonyl (C=O) groups excluding carboxylic acids is 1. The summed E-state index contributed by atoms with van der Waals surface area (Å²) in [4.78, 5) is 47.0. The molecule has 0 saturated heterocycles. The summed E-state index contributed by atoms with van der Waals surface area (Å²) in [5.74, 6) is -0.128. The fraction of sp³-hybridized carbons (Fsp3) is 0.155. The first-order valence-electron chi connectivity index (χ1n) is 43.0. The number of aliphatic hydroxyl groups excluding tert-OH is 1. The SMILES string of the molecule is CC(=O)N1c2ccc(O)cc2OC2C=C(O)C=CC21.CCn1/c(=N/N=c2\sc3cc(S(=O)(=O)O)ccc3n2CC)sc2cc(S(=O)(=O)O)ccc21.CCn1c2ccccc2c2cc(N)ccc21.COc1cc(CC(=O)O)ccc1O.Cc1cc(-c2cc(C)c(N)c(C)c2)ccc1N.Nc1ccc(-c2ccc(N)c(N)c2)cc1N.Nc1cccc2c(=O)[nH][nH]c(=O)c12.Nc1ccccc1N.[2H]P=O.[3H][B]C. The maximum atomic E-state index is 11.9. The number of carbonyl (C=O) groups is 2. The highest BCUT2D eigenvalue weighted by Crippen LogP contribution is 2.41. The molecule has 2 aliphatic rings. The Labute approximate surface area is 807 Å². The number of phenols is 2. The number of benzene rings is 12.